The zero-order valence-electron chi connectivity index (χ0n) is 9.61. The first-order chi connectivity index (χ1) is 7.13. The molecule has 0 bridgehead atoms. The first-order valence-electron chi connectivity index (χ1n) is 4.94. The standard InChI is InChI=1S/C12H17FN2.ClH/c1-15(2)12-5-3-4-10(8-12)6-7-11(13)9-14;/h3-5,7-8H,6,9,14H2,1-2H3;1H. The van der Waals surface area contributed by atoms with E-state index in [1.807, 2.05) is 43.3 Å². The van der Waals surface area contributed by atoms with Crippen LogP contribution >= 0.6 is 12.4 Å². The number of hydrogen-bond donors (Lipinski definition) is 1. The predicted octanol–water partition coefficient (Wildman–Crippen LogP) is 2.53. The fourth-order valence-electron chi connectivity index (χ4n) is 1.27. The van der Waals surface area contributed by atoms with E-state index in [0.717, 1.165) is 11.3 Å². The molecule has 1 aromatic rings. The van der Waals surface area contributed by atoms with Crippen molar-refractivity contribution < 1.29 is 4.39 Å². The predicted molar refractivity (Wildman–Crippen MR) is 70.0 cm³/mol. The molecule has 0 saturated heterocycles. The van der Waals surface area contributed by atoms with E-state index < -0.39 is 0 Å². The fourth-order valence-corrected chi connectivity index (χ4v) is 1.27. The number of benzene rings is 1. The smallest absolute Gasteiger partial charge is 0.110 e. The average Bonchev–Trinajstić information content (AvgIpc) is 2.26. The van der Waals surface area contributed by atoms with Crippen molar-refractivity contribution in [1.29, 1.82) is 0 Å². The molecule has 1 rings (SSSR count). The van der Waals surface area contributed by atoms with Gasteiger partial charge in [0, 0.05) is 26.3 Å². The van der Waals surface area contributed by atoms with Gasteiger partial charge in [-0.15, -0.1) is 12.4 Å². The van der Waals surface area contributed by atoms with E-state index in [4.69, 9.17) is 5.73 Å². The fraction of sp³-hybridized carbons (Fsp3) is 0.333. The topological polar surface area (TPSA) is 29.3 Å². The lowest BCUT2D eigenvalue weighted by atomic mass is 10.1. The van der Waals surface area contributed by atoms with Crippen LogP contribution in [0.2, 0.25) is 0 Å². The summed E-state index contributed by atoms with van der Waals surface area (Å²) < 4.78 is 12.8. The van der Waals surface area contributed by atoms with E-state index in [-0.39, 0.29) is 24.8 Å². The SMILES string of the molecule is CN(C)c1cccc(CC=C(F)CN)c1.Cl. The summed E-state index contributed by atoms with van der Waals surface area (Å²) >= 11 is 0. The van der Waals surface area contributed by atoms with Gasteiger partial charge in [0.05, 0.1) is 0 Å². The van der Waals surface area contributed by atoms with E-state index >= 15 is 0 Å². The summed E-state index contributed by atoms with van der Waals surface area (Å²) in [7, 11) is 3.96. The van der Waals surface area contributed by atoms with Crippen LogP contribution in [0.4, 0.5) is 10.1 Å². The second-order valence-electron chi connectivity index (χ2n) is 3.62. The maximum Gasteiger partial charge on any atom is 0.110 e. The highest BCUT2D eigenvalue weighted by Gasteiger charge is 1.97. The molecular weight excluding hydrogens is 227 g/mol. The Balaban J connectivity index is 0.00000225. The molecule has 0 spiro atoms. The van der Waals surface area contributed by atoms with Gasteiger partial charge in [0.1, 0.15) is 5.83 Å². The lowest BCUT2D eigenvalue weighted by Crippen LogP contribution is -2.08. The molecule has 1 aromatic carbocycles. The first kappa shape index (κ1) is 14.9. The van der Waals surface area contributed by atoms with Crippen molar-refractivity contribution in [2.75, 3.05) is 25.5 Å². The van der Waals surface area contributed by atoms with Crippen LogP contribution in [0.5, 0.6) is 0 Å². The molecule has 0 fully saturated rings. The summed E-state index contributed by atoms with van der Waals surface area (Å²) in [5.41, 5.74) is 7.37. The van der Waals surface area contributed by atoms with E-state index in [2.05, 4.69) is 0 Å². The highest BCUT2D eigenvalue weighted by Crippen LogP contribution is 2.14. The quantitative estimate of drug-likeness (QED) is 0.882. The van der Waals surface area contributed by atoms with Crippen LogP contribution in [-0.2, 0) is 6.42 Å². The normalized spacial score (nSPS) is 10.9. The highest BCUT2D eigenvalue weighted by atomic mass is 35.5. The van der Waals surface area contributed by atoms with Gasteiger partial charge in [-0.3, -0.25) is 0 Å². The van der Waals surface area contributed by atoms with Crippen LogP contribution in [-0.4, -0.2) is 20.6 Å². The van der Waals surface area contributed by atoms with Gasteiger partial charge in [-0.2, -0.15) is 0 Å². The van der Waals surface area contributed by atoms with Gasteiger partial charge in [-0.1, -0.05) is 12.1 Å². The Hall–Kier alpha value is -1.06. The van der Waals surface area contributed by atoms with Crippen LogP contribution < -0.4 is 10.6 Å². The number of nitrogens with two attached hydrogens (primary N) is 1. The van der Waals surface area contributed by atoms with Gasteiger partial charge in [0.25, 0.3) is 0 Å². The van der Waals surface area contributed by atoms with Crippen molar-refractivity contribution in [3.05, 3.63) is 41.7 Å². The van der Waals surface area contributed by atoms with Crippen molar-refractivity contribution in [2.24, 2.45) is 5.73 Å². The second kappa shape index (κ2) is 7.25. The third kappa shape index (κ3) is 4.64. The Kier molecular flexibility index (Phi) is 6.77. The number of rotatable bonds is 4. The molecule has 4 heteroatoms. The Bertz CT molecular complexity index is 351. The van der Waals surface area contributed by atoms with Crippen LogP contribution in [0, 0.1) is 0 Å². The maximum atomic E-state index is 12.8. The van der Waals surface area contributed by atoms with Crippen molar-refractivity contribution in [2.45, 2.75) is 6.42 Å². The van der Waals surface area contributed by atoms with E-state index in [1.165, 1.54) is 6.08 Å². The average molecular weight is 245 g/mol. The van der Waals surface area contributed by atoms with E-state index in [1.54, 1.807) is 0 Å². The van der Waals surface area contributed by atoms with Gasteiger partial charge in [0.2, 0.25) is 0 Å². The van der Waals surface area contributed by atoms with Crippen LogP contribution in [0.1, 0.15) is 5.56 Å². The number of nitrogens with zero attached hydrogens (tertiary/aromatic N) is 1. The molecule has 16 heavy (non-hydrogen) atoms. The minimum atomic E-state index is -0.259. The maximum absolute atomic E-state index is 12.8. The molecule has 0 saturated carbocycles. The molecule has 0 aliphatic heterocycles. The zero-order chi connectivity index (χ0) is 11.3. The lowest BCUT2D eigenvalue weighted by Gasteiger charge is -2.12. The number of halogens is 2. The molecule has 0 radical (unpaired) electrons. The molecule has 90 valence electrons. The monoisotopic (exact) mass is 244 g/mol. The molecule has 2 nitrogen and oxygen atoms in total. The van der Waals surface area contributed by atoms with Crippen LogP contribution in [0.15, 0.2) is 36.2 Å². The van der Waals surface area contributed by atoms with Crippen molar-refractivity contribution in [1.82, 2.24) is 0 Å². The van der Waals surface area contributed by atoms with Gasteiger partial charge < -0.3 is 10.6 Å². The first-order valence-corrected chi connectivity index (χ1v) is 4.94. The van der Waals surface area contributed by atoms with Gasteiger partial charge >= 0.3 is 0 Å². The Morgan fingerprint density at radius 2 is 2.12 bits per heavy atom. The lowest BCUT2D eigenvalue weighted by molar-refractivity contribution is 0.614. The second-order valence-corrected chi connectivity index (χ2v) is 3.62. The minimum Gasteiger partial charge on any atom is -0.378 e. The Morgan fingerprint density at radius 3 is 2.69 bits per heavy atom. The summed E-state index contributed by atoms with van der Waals surface area (Å²) in [5, 5.41) is 0. The number of anilines is 1. The number of allylic oxidation sites excluding steroid dienone is 1. The summed E-state index contributed by atoms with van der Waals surface area (Å²) in [6.45, 7) is -0.0205. The summed E-state index contributed by atoms with van der Waals surface area (Å²) in [6.07, 6.45) is 2.11. The molecule has 0 aromatic heterocycles. The number of hydrogen-bond acceptors (Lipinski definition) is 2. The molecule has 0 aliphatic carbocycles. The molecule has 2 N–H and O–H groups in total. The molecule has 0 unspecified atom stereocenters. The summed E-state index contributed by atoms with van der Waals surface area (Å²) in [6, 6.07) is 8.01. The Labute approximate surface area is 102 Å². The van der Waals surface area contributed by atoms with Gasteiger partial charge in [0.15, 0.2) is 0 Å². The van der Waals surface area contributed by atoms with E-state index in [0.29, 0.717) is 6.42 Å². The van der Waals surface area contributed by atoms with Crippen molar-refractivity contribution in [3.63, 3.8) is 0 Å². The molecule has 0 aliphatic rings. The molecule has 0 amide bonds. The van der Waals surface area contributed by atoms with Crippen LogP contribution in [0.3, 0.4) is 0 Å². The molecular formula is C12H18ClFN2. The molecule has 0 heterocycles. The minimum absolute atomic E-state index is 0. The Morgan fingerprint density at radius 1 is 1.44 bits per heavy atom. The largest absolute Gasteiger partial charge is 0.378 e. The van der Waals surface area contributed by atoms with Gasteiger partial charge in [-0.25, -0.2) is 4.39 Å². The van der Waals surface area contributed by atoms with Crippen molar-refractivity contribution >= 4 is 18.1 Å². The third-order valence-corrected chi connectivity index (χ3v) is 2.18. The zero-order valence-corrected chi connectivity index (χ0v) is 10.4. The highest BCUT2D eigenvalue weighted by molar-refractivity contribution is 5.85. The summed E-state index contributed by atoms with van der Waals surface area (Å²) in [5.74, 6) is -0.259. The third-order valence-electron chi connectivity index (χ3n) is 2.18. The van der Waals surface area contributed by atoms with Gasteiger partial charge in [-0.05, 0) is 30.2 Å². The van der Waals surface area contributed by atoms with E-state index in [9.17, 15) is 4.39 Å². The summed E-state index contributed by atoms with van der Waals surface area (Å²) in [4.78, 5) is 2.02. The molecule has 0 atom stereocenters. The van der Waals surface area contributed by atoms with Crippen molar-refractivity contribution in [3.8, 4) is 0 Å². The van der Waals surface area contributed by atoms with Crippen LogP contribution in [0.25, 0.3) is 0 Å².